The van der Waals surface area contributed by atoms with Gasteiger partial charge in [-0.05, 0) is 30.6 Å². The van der Waals surface area contributed by atoms with Crippen LogP contribution in [0.1, 0.15) is 26.7 Å². The summed E-state index contributed by atoms with van der Waals surface area (Å²) in [5.41, 5.74) is -1.55. The van der Waals surface area contributed by atoms with E-state index in [9.17, 15) is 24.9 Å². The van der Waals surface area contributed by atoms with Crippen molar-refractivity contribution in [1.29, 1.82) is 0 Å². The van der Waals surface area contributed by atoms with Crippen molar-refractivity contribution in [3.63, 3.8) is 0 Å². The van der Waals surface area contributed by atoms with E-state index in [4.69, 9.17) is 11.6 Å². The largest absolute Gasteiger partial charge is 0.481 e. The fourth-order valence-electron chi connectivity index (χ4n) is 3.46. The predicted octanol–water partition coefficient (Wildman–Crippen LogP) is 1.43. The number of aliphatic carboxylic acids is 1. The Bertz CT molecular complexity index is 475. The number of carbonyl (C=O) groups is 2. The first-order chi connectivity index (χ1) is 10.7. The van der Waals surface area contributed by atoms with Crippen LogP contribution >= 0.6 is 11.6 Å². The minimum Gasteiger partial charge on any atom is -0.481 e. The zero-order valence-corrected chi connectivity index (χ0v) is 14.4. The molecule has 7 heteroatoms. The highest BCUT2D eigenvalue weighted by Crippen LogP contribution is 2.46. The van der Waals surface area contributed by atoms with Gasteiger partial charge in [-0.1, -0.05) is 19.9 Å². The molecule has 0 aliphatic heterocycles. The van der Waals surface area contributed by atoms with Gasteiger partial charge in [-0.25, -0.2) is 4.79 Å². The van der Waals surface area contributed by atoms with E-state index >= 15 is 0 Å². The first kappa shape index (κ1) is 19.9. The van der Waals surface area contributed by atoms with Crippen molar-refractivity contribution >= 4 is 23.5 Å². The van der Waals surface area contributed by atoms with Crippen LogP contribution in [-0.2, 0) is 14.3 Å². The molecule has 23 heavy (non-hydrogen) atoms. The molecular formula is C16H25ClO6. The number of aliphatic hydroxyl groups excluding tert-OH is 1. The number of alkyl halides is 1. The highest BCUT2D eigenvalue weighted by molar-refractivity contribution is 6.18. The van der Waals surface area contributed by atoms with E-state index in [0.717, 1.165) is 0 Å². The SMILES string of the molecule is COC(=O)C(=CC1C(C(C)C)CCC(O)(CCl)C1C(=O)O)CO. The molecule has 6 nitrogen and oxygen atoms in total. The molecule has 1 saturated carbocycles. The van der Waals surface area contributed by atoms with Crippen LogP contribution in [0.3, 0.4) is 0 Å². The van der Waals surface area contributed by atoms with Crippen LogP contribution in [0.25, 0.3) is 0 Å². The summed E-state index contributed by atoms with van der Waals surface area (Å²) >= 11 is 5.84. The molecule has 4 unspecified atom stereocenters. The van der Waals surface area contributed by atoms with Gasteiger partial charge in [0, 0.05) is 0 Å². The van der Waals surface area contributed by atoms with Gasteiger partial charge >= 0.3 is 11.9 Å². The maximum absolute atomic E-state index is 11.8. The lowest BCUT2D eigenvalue weighted by atomic mass is 9.61. The molecule has 0 radical (unpaired) electrons. The summed E-state index contributed by atoms with van der Waals surface area (Å²) in [6.45, 7) is 3.37. The highest BCUT2D eigenvalue weighted by Gasteiger charge is 2.51. The molecule has 0 heterocycles. The lowest BCUT2D eigenvalue weighted by molar-refractivity contribution is -0.161. The molecule has 0 aromatic rings. The van der Waals surface area contributed by atoms with E-state index in [2.05, 4.69) is 4.74 Å². The monoisotopic (exact) mass is 348 g/mol. The summed E-state index contributed by atoms with van der Waals surface area (Å²) in [5, 5.41) is 29.7. The zero-order chi connectivity index (χ0) is 17.8. The third-order valence-corrected chi connectivity index (χ3v) is 5.20. The number of ether oxygens (including phenoxy) is 1. The summed E-state index contributed by atoms with van der Waals surface area (Å²) in [6.07, 6.45) is 2.31. The number of allylic oxidation sites excluding steroid dienone is 1. The molecule has 0 amide bonds. The Morgan fingerprint density at radius 2 is 2.04 bits per heavy atom. The average molecular weight is 349 g/mol. The number of esters is 1. The van der Waals surface area contributed by atoms with Crippen molar-refractivity contribution in [1.82, 2.24) is 0 Å². The van der Waals surface area contributed by atoms with Gasteiger partial charge in [-0.2, -0.15) is 0 Å². The molecule has 0 bridgehead atoms. The molecule has 1 fully saturated rings. The number of hydrogen-bond acceptors (Lipinski definition) is 5. The van der Waals surface area contributed by atoms with Crippen LogP contribution in [0.15, 0.2) is 11.6 Å². The highest BCUT2D eigenvalue weighted by atomic mass is 35.5. The summed E-state index contributed by atoms with van der Waals surface area (Å²) in [7, 11) is 1.19. The Kier molecular flexibility index (Phi) is 7.04. The lowest BCUT2D eigenvalue weighted by Gasteiger charge is -2.46. The number of rotatable bonds is 6. The van der Waals surface area contributed by atoms with Gasteiger partial charge in [0.05, 0.1) is 36.7 Å². The van der Waals surface area contributed by atoms with E-state index in [1.54, 1.807) is 0 Å². The smallest absolute Gasteiger partial charge is 0.335 e. The normalized spacial score (nSPS) is 32.0. The second-order valence-electron chi connectivity index (χ2n) is 6.42. The standard InChI is InChI=1S/C16H25ClO6/c1-9(2)11-4-5-16(22,8-17)13(14(19)20)12(11)6-10(7-18)15(21)23-3/h6,9,11-13,18,22H,4-5,7-8H2,1-3H3,(H,19,20). The number of carbonyl (C=O) groups excluding carboxylic acids is 1. The molecule has 1 aliphatic rings. The maximum atomic E-state index is 11.8. The Balaban J connectivity index is 3.37. The molecule has 0 saturated heterocycles. The Morgan fingerprint density at radius 1 is 1.43 bits per heavy atom. The number of halogens is 1. The van der Waals surface area contributed by atoms with E-state index in [0.29, 0.717) is 6.42 Å². The quantitative estimate of drug-likeness (QED) is 0.381. The molecule has 4 atom stereocenters. The van der Waals surface area contributed by atoms with Gasteiger partial charge in [-0.3, -0.25) is 4.79 Å². The fraction of sp³-hybridized carbons (Fsp3) is 0.750. The molecule has 0 aromatic carbocycles. The van der Waals surface area contributed by atoms with Crippen LogP contribution < -0.4 is 0 Å². The molecule has 1 aliphatic carbocycles. The lowest BCUT2D eigenvalue weighted by Crippen LogP contribution is -2.53. The maximum Gasteiger partial charge on any atom is 0.335 e. The van der Waals surface area contributed by atoms with Crippen LogP contribution in [0.2, 0.25) is 0 Å². The molecule has 132 valence electrons. The minimum atomic E-state index is -1.55. The average Bonchev–Trinajstić information content (AvgIpc) is 2.50. The summed E-state index contributed by atoms with van der Waals surface area (Å²) < 4.78 is 4.61. The van der Waals surface area contributed by atoms with Gasteiger partial charge in [0.15, 0.2) is 0 Å². The summed E-state index contributed by atoms with van der Waals surface area (Å²) in [4.78, 5) is 23.5. The minimum absolute atomic E-state index is 0.00628. The van der Waals surface area contributed by atoms with E-state index in [1.165, 1.54) is 13.2 Å². The van der Waals surface area contributed by atoms with Crippen LogP contribution in [0.5, 0.6) is 0 Å². The van der Waals surface area contributed by atoms with Gasteiger partial charge < -0.3 is 20.1 Å². The third-order valence-electron chi connectivity index (χ3n) is 4.73. The van der Waals surface area contributed by atoms with Crippen molar-refractivity contribution in [2.75, 3.05) is 19.6 Å². The van der Waals surface area contributed by atoms with Gasteiger partial charge in [0.1, 0.15) is 0 Å². The molecule has 0 spiro atoms. The van der Waals surface area contributed by atoms with Crippen molar-refractivity contribution in [3.8, 4) is 0 Å². The van der Waals surface area contributed by atoms with E-state index < -0.39 is 36.0 Å². The van der Waals surface area contributed by atoms with Crippen molar-refractivity contribution < 1.29 is 29.6 Å². The third kappa shape index (κ3) is 4.25. The second-order valence-corrected chi connectivity index (χ2v) is 6.69. The molecule has 0 aromatic heterocycles. The van der Waals surface area contributed by atoms with Crippen molar-refractivity contribution in [3.05, 3.63) is 11.6 Å². The Labute approximate surface area is 141 Å². The number of carboxylic acid groups (broad SMARTS) is 1. The van der Waals surface area contributed by atoms with Crippen molar-refractivity contribution in [2.24, 2.45) is 23.7 Å². The Hall–Kier alpha value is -1.11. The zero-order valence-electron chi connectivity index (χ0n) is 13.7. The molecule has 1 rings (SSSR count). The number of aliphatic hydroxyl groups is 2. The second kappa shape index (κ2) is 8.13. The number of methoxy groups -OCH3 is 1. The van der Waals surface area contributed by atoms with Gasteiger partial charge in [-0.15, -0.1) is 11.6 Å². The van der Waals surface area contributed by atoms with E-state index in [-0.39, 0.29) is 29.7 Å². The van der Waals surface area contributed by atoms with E-state index in [1.807, 2.05) is 13.8 Å². The number of hydrogen-bond donors (Lipinski definition) is 3. The van der Waals surface area contributed by atoms with Crippen LogP contribution in [0.4, 0.5) is 0 Å². The van der Waals surface area contributed by atoms with Gasteiger partial charge in [0.2, 0.25) is 0 Å². The van der Waals surface area contributed by atoms with Crippen LogP contribution in [0, 0.1) is 23.7 Å². The van der Waals surface area contributed by atoms with Crippen LogP contribution in [-0.4, -0.2) is 52.5 Å². The molecular weight excluding hydrogens is 324 g/mol. The predicted molar refractivity (Wildman–Crippen MR) is 85.0 cm³/mol. The topological polar surface area (TPSA) is 104 Å². The first-order valence-electron chi connectivity index (χ1n) is 7.62. The number of carboxylic acids is 1. The van der Waals surface area contributed by atoms with Gasteiger partial charge in [0.25, 0.3) is 0 Å². The fourth-order valence-corrected chi connectivity index (χ4v) is 3.76. The summed E-state index contributed by atoms with van der Waals surface area (Å²) in [6, 6.07) is 0. The molecule has 3 N–H and O–H groups in total. The first-order valence-corrected chi connectivity index (χ1v) is 8.16. The summed E-state index contributed by atoms with van der Waals surface area (Å²) in [5.74, 6) is -3.74. The Morgan fingerprint density at radius 3 is 2.43 bits per heavy atom. The van der Waals surface area contributed by atoms with Crippen molar-refractivity contribution in [2.45, 2.75) is 32.3 Å².